The second-order valence-electron chi connectivity index (χ2n) is 6.57. The maximum Gasteiger partial charge on any atom is 0.308 e. The number of carbonyl (C=O) groups excluding carboxylic acids is 1. The molecule has 1 N–H and O–H groups in total. The molecule has 7 nitrogen and oxygen atoms in total. The Morgan fingerprint density at radius 3 is 2.67 bits per heavy atom. The molecular weight excluding hydrogens is 346 g/mol. The number of aliphatic carboxylic acids is 1. The fraction of sp³-hybridized carbons (Fsp3) is 0.250. The van der Waals surface area contributed by atoms with E-state index in [9.17, 15) is 14.7 Å². The minimum atomic E-state index is -0.861. The predicted octanol–water partition coefficient (Wildman–Crippen LogP) is 3.07. The van der Waals surface area contributed by atoms with E-state index >= 15 is 0 Å². The molecule has 0 aliphatic carbocycles. The van der Waals surface area contributed by atoms with Crippen LogP contribution in [0.2, 0.25) is 0 Å². The number of hydrogen-bond donors (Lipinski definition) is 1. The van der Waals surface area contributed by atoms with Crippen molar-refractivity contribution in [1.29, 1.82) is 0 Å². The quantitative estimate of drug-likeness (QED) is 0.768. The number of carboxylic acid groups (broad SMARTS) is 1. The summed E-state index contributed by atoms with van der Waals surface area (Å²) in [5, 5.41) is 13.9. The molecule has 1 aliphatic heterocycles. The molecule has 1 atom stereocenters. The molecule has 3 aromatic rings. The summed E-state index contributed by atoms with van der Waals surface area (Å²) in [6.45, 7) is 0.753. The van der Waals surface area contributed by atoms with Crippen molar-refractivity contribution < 1.29 is 19.1 Å². The van der Waals surface area contributed by atoms with Gasteiger partial charge in [0.2, 0.25) is 0 Å². The second kappa shape index (κ2) is 7.11. The molecule has 138 valence electrons. The van der Waals surface area contributed by atoms with Gasteiger partial charge in [-0.1, -0.05) is 18.2 Å². The molecule has 1 saturated heterocycles. The minimum absolute atomic E-state index is 0.213. The number of benzene rings is 1. The molecule has 1 amide bonds. The SMILES string of the molecule is O=C(O)[C@H]1CCCN(C(=O)c2cc(-c3ccco3)nn2-c2ccccc2)C1. The molecule has 0 saturated carbocycles. The first kappa shape index (κ1) is 17.1. The van der Waals surface area contributed by atoms with E-state index in [1.54, 1.807) is 34.0 Å². The third-order valence-electron chi connectivity index (χ3n) is 4.76. The van der Waals surface area contributed by atoms with Crippen LogP contribution in [0.4, 0.5) is 0 Å². The average Bonchev–Trinajstić information content (AvgIpc) is 3.38. The smallest absolute Gasteiger partial charge is 0.308 e. The zero-order valence-corrected chi connectivity index (χ0v) is 14.6. The van der Waals surface area contributed by atoms with Crippen molar-refractivity contribution >= 4 is 11.9 Å². The third kappa shape index (κ3) is 3.36. The standard InChI is InChI=1S/C20H19N3O4/c24-19(22-10-4-6-14(13-22)20(25)26)17-12-16(18-9-5-11-27-18)21-23(17)15-7-2-1-3-8-15/h1-3,5,7-9,11-12,14H,4,6,10,13H2,(H,25,26)/t14-/m0/s1. The zero-order chi connectivity index (χ0) is 18.8. The van der Waals surface area contributed by atoms with E-state index in [4.69, 9.17) is 4.42 Å². The first-order valence-corrected chi connectivity index (χ1v) is 8.85. The Labute approximate surface area is 155 Å². The molecule has 0 bridgehead atoms. The summed E-state index contributed by atoms with van der Waals surface area (Å²) >= 11 is 0. The van der Waals surface area contributed by atoms with Crippen LogP contribution in [-0.2, 0) is 4.79 Å². The summed E-state index contributed by atoms with van der Waals surface area (Å²) in [7, 11) is 0. The highest BCUT2D eigenvalue weighted by atomic mass is 16.4. The van der Waals surface area contributed by atoms with E-state index in [1.807, 2.05) is 30.3 Å². The van der Waals surface area contributed by atoms with Crippen molar-refractivity contribution in [2.75, 3.05) is 13.1 Å². The molecule has 0 spiro atoms. The van der Waals surface area contributed by atoms with Crippen molar-refractivity contribution in [2.45, 2.75) is 12.8 Å². The molecule has 0 unspecified atom stereocenters. The summed E-state index contributed by atoms with van der Waals surface area (Å²) in [6.07, 6.45) is 2.82. The van der Waals surface area contributed by atoms with Crippen LogP contribution >= 0.6 is 0 Å². The number of carbonyl (C=O) groups is 2. The van der Waals surface area contributed by atoms with Gasteiger partial charge >= 0.3 is 5.97 Å². The number of rotatable bonds is 4. The van der Waals surface area contributed by atoms with Crippen LogP contribution in [0, 0.1) is 5.92 Å². The van der Waals surface area contributed by atoms with Gasteiger partial charge in [-0.2, -0.15) is 5.10 Å². The lowest BCUT2D eigenvalue weighted by atomic mass is 9.98. The van der Waals surface area contributed by atoms with Crippen LogP contribution in [0.5, 0.6) is 0 Å². The lowest BCUT2D eigenvalue weighted by molar-refractivity contribution is -0.143. The van der Waals surface area contributed by atoms with Gasteiger partial charge in [0, 0.05) is 19.2 Å². The second-order valence-corrected chi connectivity index (χ2v) is 6.57. The maximum atomic E-state index is 13.2. The molecule has 1 aliphatic rings. The van der Waals surface area contributed by atoms with Crippen LogP contribution in [0.1, 0.15) is 23.3 Å². The Hall–Kier alpha value is -3.35. The number of likely N-dealkylation sites (tertiary alicyclic amines) is 1. The van der Waals surface area contributed by atoms with Crippen LogP contribution in [-0.4, -0.2) is 44.8 Å². The van der Waals surface area contributed by atoms with Crippen LogP contribution in [0.25, 0.3) is 17.1 Å². The number of amides is 1. The van der Waals surface area contributed by atoms with Crippen LogP contribution in [0.3, 0.4) is 0 Å². The normalized spacial score (nSPS) is 17.0. The Kier molecular flexibility index (Phi) is 4.50. The predicted molar refractivity (Wildman–Crippen MR) is 97.5 cm³/mol. The maximum absolute atomic E-state index is 13.2. The summed E-state index contributed by atoms with van der Waals surface area (Å²) in [4.78, 5) is 26.1. The fourth-order valence-corrected chi connectivity index (χ4v) is 3.37. The summed E-state index contributed by atoms with van der Waals surface area (Å²) in [5.41, 5.74) is 1.70. The lowest BCUT2D eigenvalue weighted by Gasteiger charge is -2.30. The van der Waals surface area contributed by atoms with Crippen molar-refractivity contribution in [3.63, 3.8) is 0 Å². The Morgan fingerprint density at radius 1 is 1.15 bits per heavy atom. The van der Waals surface area contributed by atoms with Gasteiger partial charge < -0.3 is 14.4 Å². The van der Waals surface area contributed by atoms with Gasteiger partial charge in [0.05, 0.1) is 17.9 Å². The van der Waals surface area contributed by atoms with E-state index in [1.165, 1.54) is 0 Å². The Bertz CT molecular complexity index is 947. The first-order chi connectivity index (χ1) is 13.1. The van der Waals surface area contributed by atoms with Gasteiger partial charge in [0.1, 0.15) is 11.4 Å². The van der Waals surface area contributed by atoms with Gasteiger partial charge in [-0.05, 0) is 37.1 Å². The Morgan fingerprint density at radius 2 is 1.96 bits per heavy atom. The van der Waals surface area contributed by atoms with Crippen molar-refractivity contribution in [3.05, 3.63) is 60.5 Å². The topological polar surface area (TPSA) is 88.6 Å². The number of piperidine rings is 1. The Balaban J connectivity index is 1.72. The average molecular weight is 365 g/mol. The first-order valence-electron chi connectivity index (χ1n) is 8.85. The highest BCUT2D eigenvalue weighted by molar-refractivity contribution is 5.94. The molecule has 27 heavy (non-hydrogen) atoms. The van der Waals surface area contributed by atoms with Gasteiger partial charge in [-0.3, -0.25) is 9.59 Å². The van der Waals surface area contributed by atoms with Crippen molar-refractivity contribution in [3.8, 4) is 17.1 Å². The van der Waals surface area contributed by atoms with Gasteiger partial charge in [0.15, 0.2) is 5.76 Å². The molecule has 7 heteroatoms. The number of carboxylic acids is 1. The number of furan rings is 1. The van der Waals surface area contributed by atoms with Gasteiger partial charge in [-0.15, -0.1) is 0 Å². The third-order valence-corrected chi connectivity index (χ3v) is 4.76. The summed E-state index contributed by atoms with van der Waals surface area (Å²) in [5.74, 6) is -1.04. The van der Waals surface area contributed by atoms with Gasteiger partial charge in [0.25, 0.3) is 5.91 Å². The van der Waals surface area contributed by atoms with E-state index in [-0.39, 0.29) is 12.5 Å². The zero-order valence-electron chi connectivity index (χ0n) is 14.6. The molecule has 1 aromatic carbocycles. The van der Waals surface area contributed by atoms with Crippen molar-refractivity contribution in [1.82, 2.24) is 14.7 Å². The lowest BCUT2D eigenvalue weighted by Crippen LogP contribution is -2.42. The molecular formula is C20H19N3O4. The highest BCUT2D eigenvalue weighted by Crippen LogP contribution is 2.25. The number of para-hydroxylation sites is 1. The molecule has 3 heterocycles. The molecule has 0 radical (unpaired) electrons. The van der Waals surface area contributed by atoms with Crippen molar-refractivity contribution in [2.24, 2.45) is 5.92 Å². The highest BCUT2D eigenvalue weighted by Gasteiger charge is 2.31. The van der Waals surface area contributed by atoms with E-state index in [0.29, 0.717) is 36.5 Å². The van der Waals surface area contributed by atoms with Crippen LogP contribution < -0.4 is 0 Å². The summed E-state index contributed by atoms with van der Waals surface area (Å²) < 4.78 is 7.01. The number of nitrogens with zero attached hydrogens (tertiary/aromatic N) is 3. The number of hydrogen-bond acceptors (Lipinski definition) is 4. The molecule has 4 rings (SSSR count). The summed E-state index contributed by atoms with van der Waals surface area (Å²) in [6, 6.07) is 14.6. The molecule has 2 aromatic heterocycles. The van der Waals surface area contributed by atoms with Crippen LogP contribution in [0.15, 0.2) is 59.2 Å². The van der Waals surface area contributed by atoms with Gasteiger partial charge in [-0.25, -0.2) is 4.68 Å². The largest absolute Gasteiger partial charge is 0.481 e. The van der Waals surface area contributed by atoms with E-state index in [0.717, 1.165) is 5.69 Å². The fourth-order valence-electron chi connectivity index (χ4n) is 3.37. The number of aromatic nitrogens is 2. The van der Waals surface area contributed by atoms with E-state index < -0.39 is 11.9 Å². The minimum Gasteiger partial charge on any atom is -0.481 e. The monoisotopic (exact) mass is 365 g/mol. The van der Waals surface area contributed by atoms with E-state index in [2.05, 4.69) is 5.10 Å². The molecule has 1 fully saturated rings.